The summed E-state index contributed by atoms with van der Waals surface area (Å²) in [6, 6.07) is 14.8. The quantitative estimate of drug-likeness (QED) is 0.405. The number of anilines is 1. The standard InChI is InChI=1S/C30H43N3O4S/c1-5-28(30(35)31-26-16-7-6-8-17-26)32(22-25-15-10-9-14-24(25)3)29(34)19-12-20-33(38(4,36)37)27-18-11-13-23(2)21-27/h9-11,13-15,18,21,26,28H,5-8,12,16-17,19-20,22H2,1-4H3,(H,31,35)/t28-/m1/s1. The number of hydrogen-bond acceptors (Lipinski definition) is 4. The zero-order valence-corrected chi connectivity index (χ0v) is 24.1. The largest absolute Gasteiger partial charge is 0.352 e. The van der Waals surface area contributed by atoms with Crippen LogP contribution in [0.3, 0.4) is 0 Å². The van der Waals surface area contributed by atoms with Gasteiger partial charge in [0.25, 0.3) is 0 Å². The van der Waals surface area contributed by atoms with Gasteiger partial charge < -0.3 is 10.2 Å². The summed E-state index contributed by atoms with van der Waals surface area (Å²) in [5.41, 5.74) is 3.62. The van der Waals surface area contributed by atoms with E-state index in [9.17, 15) is 18.0 Å². The zero-order valence-electron chi connectivity index (χ0n) is 23.3. The molecule has 1 N–H and O–H groups in total. The molecule has 1 saturated carbocycles. The van der Waals surface area contributed by atoms with Crippen molar-refractivity contribution in [3.63, 3.8) is 0 Å². The van der Waals surface area contributed by atoms with Crippen LogP contribution in [0.5, 0.6) is 0 Å². The molecule has 0 unspecified atom stereocenters. The molecule has 0 saturated heterocycles. The minimum atomic E-state index is -3.51. The molecule has 8 heteroatoms. The molecule has 208 valence electrons. The highest BCUT2D eigenvalue weighted by atomic mass is 32.2. The van der Waals surface area contributed by atoms with Crippen LogP contribution in [0.2, 0.25) is 0 Å². The van der Waals surface area contributed by atoms with E-state index in [1.165, 1.54) is 17.0 Å². The first-order valence-electron chi connectivity index (χ1n) is 13.8. The predicted octanol–water partition coefficient (Wildman–Crippen LogP) is 5.11. The van der Waals surface area contributed by atoms with E-state index in [0.29, 0.717) is 25.1 Å². The summed E-state index contributed by atoms with van der Waals surface area (Å²) in [5, 5.41) is 3.21. The summed E-state index contributed by atoms with van der Waals surface area (Å²) >= 11 is 0. The van der Waals surface area contributed by atoms with Gasteiger partial charge in [-0.25, -0.2) is 8.42 Å². The summed E-state index contributed by atoms with van der Waals surface area (Å²) in [6.07, 6.45) is 7.59. The lowest BCUT2D eigenvalue weighted by Gasteiger charge is -2.33. The molecular weight excluding hydrogens is 498 g/mol. The minimum absolute atomic E-state index is 0.0983. The Labute approximate surface area is 228 Å². The van der Waals surface area contributed by atoms with Crippen LogP contribution in [-0.2, 0) is 26.2 Å². The number of rotatable bonds is 12. The van der Waals surface area contributed by atoms with E-state index in [0.717, 1.165) is 42.4 Å². The van der Waals surface area contributed by atoms with Gasteiger partial charge in [-0.1, -0.05) is 62.6 Å². The van der Waals surface area contributed by atoms with E-state index >= 15 is 0 Å². The third-order valence-corrected chi connectivity index (χ3v) is 8.58. The van der Waals surface area contributed by atoms with Crippen molar-refractivity contribution >= 4 is 27.5 Å². The molecule has 38 heavy (non-hydrogen) atoms. The molecule has 0 aromatic heterocycles. The maximum absolute atomic E-state index is 13.7. The van der Waals surface area contributed by atoms with E-state index in [1.54, 1.807) is 11.0 Å². The third kappa shape index (κ3) is 8.32. The van der Waals surface area contributed by atoms with Crippen molar-refractivity contribution in [2.24, 2.45) is 0 Å². The average molecular weight is 542 g/mol. The van der Waals surface area contributed by atoms with Crippen molar-refractivity contribution in [3.8, 4) is 0 Å². The molecule has 1 aliphatic carbocycles. The molecular formula is C30H43N3O4S. The number of carbonyl (C=O) groups excluding carboxylic acids is 2. The first-order chi connectivity index (χ1) is 18.1. The van der Waals surface area contributed by atoms with Gasteiger partial charge in [0, 0.05) is 25.6 Å². The Morgan fingerprint density at radius 3 is 2.37 bits per heavy atom. The Morgan fingerprint density at radius 1 is 1.03 bits per heavy atom. The fourth-order valence-electron chi connectivity index (χ4n) is 5.22. The minimum Gasteiger partial charge on any atom is -0.352 e. The van der Waals surface area contributed by atoms with Crippen LogP contribution in [-0.4, -0.2) is 50.0 Å². The highest BCUT2D eigenvalue weighted by Gasteiger charge is 2.30. The van der Waals surface area contributed by atoms with E-state index in [4.69, 9.17) is 0 Å². The van der Waals surface area contributed by atoms with Gasteiger partial charge in [0.05, 0.1) is 11.9 Å². The van der Waals surface area contributed by atoms with Crippen molar-refractivity contribution in [1.82, 2.24) is 10.2 Å². The third-order valence-electron chi connectivity index (χ3n) is 7.38. The van der Waals surface area contributed by atoms with Crippen molar-refractivity contribution in [2.45, 2.75) is 90.8 Å². The smallest absolute Gasteiger partial charge is 0.243 e. The number of benzene rings is 2. The second-order valence-corrected chi connectivity index (χ2v) is 12.4. The highest BCUT2D eigenvalue weighted by molar-refractivity contribution is 7.92. The number of sulfonamides is 1. The van der Waals surface area contributed by atoms with E-state index in [2.05, 4.69) is 5.32 Å². The van der Waals surface area contributed by atoms with Crippen LogP contribution in [0, 0.1) is 13.8 Å². The fraction of sp³-hybridized carbons (Fsp3) is 0.533. The molecule has 0 spiro atoms. The number of amides is 2. The molecule has 2 amide bonds. The lowest BCUT2D eigenvalue weighted by atomic mass is 9.95. The normalized spacial score (nSPS) is 15.1. The van der Waals surface area contributed by atoms with Crippen LogP contribution in [0.4, 0.5) is 5.69 Å². The van der Waals surface area contributed by atoms with Gasteiger partial charge in [-0.05, 0) is 68.4 Å². The van der Waals surface area contributed by atoms with Gasteiger partial charge in [-0.15, -0.1) is 0 Å². The van der Waals surface area contributed by atoms with Crippen LogP contribution in [0.25, 0.3) is 0 Å². The van der Waals surface area contributed by atoms with Crippen LogP contribution in [0.1, 0.15) is 75.0 Å². The van der Waals surface area contributed by atoms with Crippen LogP contribution >= 0.6 is 0 Å². The maximum atomic E-state index is 13.7. The van der Waals surface area contributed by atoms with Gasteiger partial charge in [0.2, 0.25) is 21.8 Å². The van der Waals surface area contributed by atoms with Gasteiger partial charge in [-0.3, -0.25) is 13.9 Å². The number of nitrogens with zero attached hydrogens (tertiary/aromatic N) is 2. The second-order valence-electron chi connectivity index (χ2n) is 10.5. The van der Waals surface area contributed by atoms with Gasteiger partial charge >= 0.3 is 0 Å². The average Bonchev–Trinajstić information content (AvgIpc) is 2.87. The SMILES string of the molecule is CC[C@H](C(=O)NC1CCCCC1)N(Cc1ccccc1C)C(=O)CCCN(c1cccc(C)c1)S(C)(=O)=O. The van der Waals surface area contributed by atoms with Crippen molar-refractivity contribution in [2.75, 3.05) is 17.1 Å². The Kier molecular flexibility index (Phi) is 10.8. The lowest BCUT2D eigenvalue weighted by Crippen LogP contribution is -2.51. The van der Waals surface area contributed by atoms with E-state index in [1.807, 2.05) is 63.2 Å². The number of hydrogen-bond donors (Lipinski definition) is 1. The number of aryl methyl sites for hydroxylation is 2. The van der Waals surface area contributed by atoms with Crippen molar-refractivity contribution < 1.29 is 18.0 Å². The van der Waals surface area contributed by atoms with Gasteiger partial charge in [0.15, 0.2) is 0 Å². The lowest BCUT2D eigenvalue weighted by molar-refractivity contribution is -0.141. The maximum Gasteiger partial charge on any atom is 0.243 e. The fourth-order valence-corrected chi connectivity index (χ4v) is 6.18. The molecule has 0 aliphatic heterocycles. The van der Waals surface area contributed by atoms with E-state index in [-0.39, 0.29) is 30.8 Å². The predicted molar refractivity (Wildman–Crippen MR) is 153 cm³/mol. The Balaban J connectivity index is 1.76. The summed E-state index contributed by atoms with van der Waals surface area (Å²) in [4.78, 5) is 28.7. The summed E-state index contributed by atoms with van der Waals surface area (Å²) < 4.78 is 26.4. The molecule has 1 aliphatic rings. The Bertz CT molecular complexity index is 1190. The van der Waals surface area contributed by atoms with Crippen molar-refractivity contribution in [1.29, 1.82) is 0 Å². The van der Waals surface area contributed by atoms with E-state index < -0.39 is 16.1 Å². The molecule has 2 aromatic rings. The highest BCUT2D eigenvalue weighted by Crippen LogP contribution is 2.22. The summed E-state index contributed by atoms with van der Waals surface area (Å²) in [5.74, 6) is -0.240. The van der Waals surface area contributed by atoms with Crippen LogP contribution < -0.4 is 9.62 Å². The first-order valence-corrected chi connectivity index (χ1v) is 15.6. The molecule has 0 bridgehead atoms. The molecule has 0 heterocycles. The first kappa shape index (κ1) is 29.7. The van der Waals surface area contributed by atoms with Crippen molar-refractivity contribution in [3.05, 3.63) is 65.2 Å². The topological polar surface area (TPSA) is 86.8 Å². The zero-order chi connectivity index (χ0) is 27.7. The van der Waals surface area contributed by atoms with Gasteiger partial charge in [-0.2, -0.15) is 0 Å². The molecule has 1 atom stereocenters. The van der Waals surface area contributed by atoms with Crippen LogP contribution in [0.15, 0.2) is 48.5 Å². The second kappa shape index (κ2) is 13.8. The molecule has 2 aromatic carbocycles. The molecule has 0 radical (unpaired) electrons. The molecule has 3 rings (SSSR count). The monoisotopic (exact) mass is 541 g/mol. The summed E-state index contributed by atoms with van der Waals surface area (Å²) in [6.45, 7) is 6.40. The number of carbonyl (C=O) groups is 2. The molecule has 7 nitrogen and oxygen atoms in total. The Hall–Kier alpha value is -2.87. The Morgan fingerprint density at radius 2 is 1.74 bits per heavy atom. The number of nitrogens with one attached hydrogen (secondary N) is 1. The van der Waals surface area contributed by atoms with Gasteiger partial charge in [0.1, 0.15) is 6.04 Å². The summed E-state index contributed by atoms with van der Waals surface area (Å²) in [7, 11) is -3.51. The molecule has 1 fully saturated rings.